The largest absolute Gasteiger partial charge is 0.465 e. The van der Waals surface area contributed by atoms with Crippen LogP contribution in [-0.2, 0) is 4.79 Å². The summed E-state index contributed by atoms with van der Waals surface area (Å²) in [6.45, 7) is 2.26. The van der Waals surface area contributed by atoms with Crippen molar-refractivity contribution in [2.45, 2.75) is 25.8 Å². The van der Waals surface area contributed by atoms with E-state index in [-0.39, 0.29) is 17.9 Å². The van der Waals surface area contributed by atoms with Crippen LogP contribution in [0.4, 0.5) is 0 Å². The van der Waals surface area contributed by atoms with Gasteiger partial charge in [-0.2, -0.15) is 5.10 Å². The van der Waals surface area contributed by atoms with Crippen LogP contribution in [0.25, 0.3) is 12.2 Å². The van der Waals surface area contributed by atoms with Crippen LogP contribution in [0, 0.1) is 11.8 Å². The first-order chi connectivity index (χ1) is 16.5. The van der Waals surface area contributed by atoms with Crippen molar-refractivity contribution in [2.24, 2.45) is 16.9 Å². The Morgan fingerprint density at radius 3 is 2.44 bits per heavy atom. The van der Waals surface area contributed by atoms with Gasteiger partial charge in [0.15, 0.2) is 0 Å². The average molecular weight is 491 g/mol. The van der Waals surface area contributed by atoms with E-state index in [4.69, 9.17) is 32.7 Å². The van der Waals surface area contributed by atoms with E-state index in [2.05, 4.69) is 13.0 Å². The summed E-state index contributed by atoms with van der Waals surface area (Å²) in [5.41, 5.74) is 4.23. The van der Waals surface area contributed by atoms with Crippen molar-refractivity contribution < 1.29 is 9.21 Å². The third-order valence-electron chi connectivity index (χ3n) is 6.35. The van der Waals surface area contributed by atoms with Gasteiger partial charge in [0.1, 0.15) is 5.76 Å². The highest BCUT2D eigenvalue weighted by Crippen LogP contribution is 2.46. The van der Waals surface area contributed by atoms with Crippen molar-refractivity contribution in [3.8, 4) is 0 Å². The molecule has 34 heavy (non-hydrogen) atoms. The van der Waals surface area contributed by atoms with E-state index in [0.717, 1.165) is 35.3 Å². The van der Waals surface area contributed by atoms with E-state index in [1.807, 2.05) is 54.6 Å². The number of benzene rings is 2. The molecule has 1 aromatic heterocycles. The summed E-state index contributed by atoms with van der Waals surface area (Å²) < 4.78 is 5.35. The Morgan fingerprint density at radius 1 is 1.06 bits per heavy atom. The number of furan rings is 1. The monoisotopic (exact) mass is 490 g/mol. The molecule has 1 fully saturated rings. The van der Waals surface area contributed by atoms with Crippen LogP contribution in [0.5, 0.6) is 0 Å². The number of carbonyl (C=O) groups is 1. The molecule has 0 bridgehead atoms. The van der Waals surface area contributed by atoms with Gasteiger partial charge in [-0.15, -0.1) is 0 Å². The van der Waals surface area contributed by atoms with Crippen LogP contribution in [0.2, 0.25) is 10.0 Å². The summed E-state index contributed by atoms with van der Waals surface area (Å²) in [5, 5.41) is 7.90. The van der Waals surface area contributed by atoms with Crippen molar-refractivity contribution in [1.82, 2.24) is 5.01 Å². The van der Waals surface area contributed by atoms with Gasteiger partial charge in [0.2, 0.25) is 0 Å². The summed E-state index contributed by atoms with van der Waals surface area (Å²) in [7, 11) is 0. The molecule has 3 unspecified atom stereocenters. The Morgan fingerprint density at radius 2 is 1.76 bits per heavy atom. The Bertz CT molecular complexity index is 1260. The number of hydrogen-bond acceptors (Lipinski definition) is 3. The van der Waals surface area contributed by atoms with Crippen molar-refractivity contribution in [3.05, 3.63) is 106 Å². The number of amides is 1. The molecule has 2 aliphatic rings. The molecule has 2 heterocycles. The molecule has 3 aromatic rings. The highest BCUT2D eigenvalue weighted by molar-refractivity contribution is 6.30. The maximum atomic E-state index is 13.3. The SMILES string of the molecule is CC1C/C(=C\c2ccc(Cl)cc2)C2=NN(C(=O)/C=C/c3ccco3)C(c3ccc(Cl)cc3)C2C1. The first-order valence-electron chi connectivity index (χ1n) is 11.3. The van der Waals surface area contributed by atoms with Crippen molar-refractivity contribution in [2.75, 3.05) is 0 Å². The van der Waals surface area contributed by atoms with Gasteiger partial charge in [0, 0.05) is 22.0 Å². The van der Waals surface area contributed by atoms with Crippen LogP contribution in [-0.4, -0.2) is 16.6 Å². The first kappa shape index (κ1) is 22.7. The van der Waals surface area contributed by atoms with Gasteiger partial charge in [-0.25, -0.2) is 5.01 Å². The van der Waals surface area contributed by atoms with Gasteiger partial charge < -0.3 is 4.42 Å². The molecule has 1 aliphatic carbocycles. The molecule has 1 aliphatic heterocycles. The molecular weight excluding hydrogens is 467 g/mol. The molecule has 0 spiro atoms. The predicted octanol–water partition coefficient (Wildman–Crippen LogP) is 7.67. The predicted molar refractivity (Wildman–Crippen MR) is 138 cm³/mol. The molecule has 1 saturated carbocycles. The van der Waals surface area contributed by atoms with Crippen LogP contribution < -0.4 is 0 Å². The maximum absolute atomic E-state index is 13.3. The number of rotatable bonds is 4. The Hall–Kier alpha value is -3.08. The number of nitrogens with zero attached hydrogens (tertiary/aromatic N) is 2. The van der Waals surface area contributed by atoms with Crippen molar-refractivity contribution in [1.29, 1.82) is 0 Å². The zero-order valence-electron chi connectivity index (χ0n) is 18.7. The fourth-order valence-corrected chi connectivity index (χ4v) is 5.09. The van der Waals surface area contributed by atoms with Gasteiger partial charge in [0.25, 0.3) is 5.91 Å². The molecule has 6 heteroatoms. The molecule has 172 valence electrons. The van der Waals surface area contributed by atoms with Crippen LogP contribution >= 0.6 is 23.2 Å². The summed E-state index contributed by atoms with van der Waals surface area (Å²) in [5.74, 6) is 1.00. The lowest BCUT2D eigenvalue weighted by molar-refractivity contribution is -0.128. The van der Waals surface area contributed by atoms with Gasteiger partial charge in [-0.05, 0) is 84.0 Å². The molecule has 2 aromatic carbocycles. The minimum Gasteiger partial charge on any atom is -0.465 e. The number of fused-ring (bicyclic) bond motifs is 1. The lowest BCUT2D eigenvalue weighted by Gasteiger charge is -2.32. The maximum Gasteiger partial charge on any atom is 0.267 e. The Kier molecular flexibility index (Phi) is 6.44. The number of carbonyl (C=O) groups excluding carboxylic acids is 1. The second kappa shape index (κ2) is 9.65. The normalized spacial score (nSPS) is 23.4. The third-order valence-corrected chi connectivity index (χ3v) is 6.85. The van der Waals surface area contributed by atoms with Crippen LogP contribution in [0.15, 0.2) is 88.1 Å². The van der Waals surface area contributed by atoms with Gasteiger partial charge in [0.05, 0.1) is 18.0 Å². The number of hydrazone groups is 1. The van der Waals surface area contributed by atoms with E-state index in [1.165, 1.54) is 6.08 Å². The standard InChI is InChI=1S/C28H24Cl2N2O2/c1-18-15-21(17-19-4-8-22(29)9-5-19)27-25(16-18)28(20-6-10-23(30)11-7-20)32(31-27)26(33)13-12-24-3-2-14-34-24/h2-14,17-18,25,28H,15-16H2,1H3/b13-12+,21-17+. The number of halogens is 2. The van der Waals surface area contributed by atoms with E-state index >= 15 is 0 Å². The smallest absolute Gasteiger partial charge is 0.267 e. The quantitative estimate of drug-likeness (QED) is 0.352. The van der Waals surface area contributed by atoms with E-state index in [1.54, 1.807) is 23.4 Å². The Labute approximate surface area is 209 Å². The molecular formula is C28H24Cl2N2O2. The third kappa shape index (κ3) is 4.75. The fraction of sp³-hybridized carbons (Fsp3) is 0.214. The molecule has 0 radical (unpaired) electrons. The molecule has 3 atom stereocenters. The minimum absolute atomic E-state index is 0.101. The topological polar surface area (TPSA) is 45.8 Å². The molecule has 0 saturated heterocycles. The molecule has 0 N–H and O–H groups in total. The highest BCUT2D eigenvalue weighted by atomic mass is 35.5. The summed E-state index contributed by atoms with van der Waals surface area (Å²) in [6.07, 6.45) is 8.82. The lowest BCUT2D eigenvalue weighted by Crippen LogP contribution is -2.32. The van der Waals surface area contributed by atoms with Crippen molar-refractivity contribution in [3.63, 3.8) is 0 Å². The number of allylic oxidation sites excluding steroid dienone is 1. The summed E-state index contributed by atoms with van der Waals surface area (Å²) >= 11 is 12.2. The number of hydrogen-bond donors (Lipinski definition) is 0. The highest BCUT2D eigenvalue weighted by Gasteiger charge is 2.44. The van der Waals surface area contributed by atoms with Crippen molar-refractivity contribution >= 4 is 47.0 Å². The summed E-state index contributed by atoms with van der Waals surface area (Å²) in [6, 6.07) is 18.9. The molecule has 4 nitrogen and oxygen atoms in total. The molecule has 5 rings (SSSR count). The lowest BCUT2D eigenvalue weighted by atomic mass is 9.73. The second-order valence-corrected chi connectivity index (χ2v) is 9.76. The van der Waals surface area contributed by atoms with Crippen LogP contribution in [0.3, 0.4) is 0 Å². The summed E-state index contributed by atoms with van der Waals surface area (Å²) in [4.78, 5) is 13.3. The van der Waals surface area contributed by atoms with E-state index < -0.39 is 0 Å². The zero-order valence-corrected chi connectivity index (χ0v) is 20.2. The Balaban J connectivity index is 1.54. The second-order valence-electron chi connectivity index (χ2n) is 8.89. The average Bonchev–Trinajstić information content (AvgIpc) is 3.48. The van der Waals surface area contributed by atoms with Gasteiger partial charge in [-0.3, -0.25) is 4.79 Å². The minimum atomic E-state index is -0.197. The van der Waals surface area contributed by atoms with E-state index in [0.29, 0.717) is 21.7 Å². The first-order valence-corrected chi connectivity index (χ1v) is 12.1. The van der Waals surface area contributed by atoms with Gasteiger partial charge >= 0.3 is 0 Å². The molecule has 1 amide bonds. The van der Waals surface area contributed by atoms with E-state index in [9.17, 15) is 4.79 Å². The zero-order chi connectivity index (χ0) is 23.7. The van der Waals surface area contributed by atoms with Gasteiger partial charge in [-0.1, -0.05) is 54.4 Å². The van der Waals surface area contributed by atoms with Crippen LogP contribution in [0.1, 0.15) is 42.7 Å². The fourth-order valence-electron chi connectivity index (χ4n) is 4.84.